The number of aliphatic hydroxyl groups is 1. The molecule has 1 aliphatic rings. The van der Waals surface area contributed by atoms with E-state index in [9.17, 15) is 9.90 Å². The lowest BCUT2D eigenvalue weighted by atomic mass is 10.1. The van der Waals surface area contributed by atoms with E-state index in [0.29, 0.717) is 18.7 Å². The Morgan fingerprint density at radius 3 is 2.57 bits per heavy atom. The Balaban J connectivity index is 1.55. The molecule has 0 atom stereocenters. The largest absolute Gasteiger partial charge is 0.487 e. The van der Waals surface area contributed by atoms with E-state index in [4.69, 9.17) is 9.47 Å². The number of methoxy groups -OCH3 is 1. The Bertz CT molecular complexity index is 962. The quantitative estimate of drug-likeness (QED) is 0.668. The molecule has 3 aromatic rings. The number of nitrogens with zero attached hydrogens (tertiary/aromatic N) is 2. The number of carbonyl (C=O) groups excluding carboxylic acids is 1. The van der Waals surface area contributed by atoms with Crippen molar-refractivity contribution in [1.29, 1.82) is 0 Å². The van der Waals surface area contributed by atoms with Crippen LogP contribution in [-0.2, 0) is 11.3 Å². The lowest BCUT2D eigenvalue weighted by Crippen LogP contribution is -2.54. The summed E-state index contributed by atoms with van der Waals surface area (Å²) < 4.78 is 12.9. The molecule has 0 aliphatic carbocycles. The molecule has 0 unspecified atom stereocenters. The zero-order valence-electron chi connectivity index (χ0n) is 15.6. The predicted molar refractivity (Wildman–Crippen MR) is 106 cm³/mol. The van der Waals surface area contributed by atoms with Gasteiger partial charge in [-0.25, -0.2) is 4.79 Å². The maximum absolute atomic E-state index is 12.3. The monoisotopic (exact) mass is 378 g/mol. The van der Waals surface area contributed by atoms with Gasteiger partial charge in [0.25, 0.3) is 0 Å². The van der Waals surface area contributed by atoms with Crippen molar-refractivity contribution in [3.8, 4) is 11.4 Å². The molecular formula is C22H22N2O4. The maximum Gasteiger partial charge on any atom is 0.340 e. The molecule has 1 fully saturated rings. The van der Waals surface area contributed by atoms with Gasteiger partial charge in [-0.1, -0.05) is 18.2 Å². The number of rotatable bonds is 6. The highest BCUT2D eigenvalue weighted by Crippen LogP contribution is 2.33. The molecule has 144 valence electrons. The number of ether oxygens (including phenoxy) is 2. The lowest BCUT2D eigenvalue weighted by molar-refractivity contribution is 0.0601. The fourth-order valence-corrected chi connectivity index (χ4v) is 3.44. The summed E-state index contributed by atoms with van der Waals surface area (Å²) in [6.07, 6.45) is 3.88. The second-order valence-electron chi connectivity index (χ2n) is 6.71. The number of hydrogen-bond donors (Lipinski definition) is 1. The van der Waals surface area contributed by atoms with Crippen molar-refractivity contribution in [2.24, 2.45) is 0 Å². The topological polar surface area (TPSA) is 63.9 Å². The average Bonchev–Trinajstić information content (AvgIpc) is 3.24. The van der Waals surface area contributed by atoms with E-state index in [1.807, 2.05) is 65.5 Å². The Kier molecular flexibility index (Phi) is 5.04. The van der Waals surface area contributed by atoms with Crippen molar-refractivity contribution in [2.75, 3.05) is 25.1 Å². The normalized spacial score (nSPS) is 13.9. The predicted octanol–water partition coefficient (Wildman–Crippen LogP) is 3.02. The van der Waals surface area contributed by atoms with Crippen molar-refractivity contribution in [3.05, 3.63) is 78.1 Å². The van der Waals surface area contributed by atoms with Gasteiger partial charge in [0.1, 0.15) is 11.9 Å². The van der Waals surface area contributed by atoms with Gasteiger partial charge in [0.15, 0.2) is 0 Å². The third-order valence-electron chi connectivity index (χ3n) is 4.86. The van der Waals surface area contributed by atoms with Gasteiger partial charge in [0, 0.05) is 12.4 Å². The van der Waals surface area contributed by atoms with Crippen LogP contribution in [0.1, 0.15) is 15.9 Å². The van der Waals surface area contributed by atoms with Crippen LogP contribution in [0.5, 0.6) is 5.75 Å². The standard InChI is InChI=1S/C22H22N2O4/c1-27-22(26)19-8-5-9-20(21(19)23-10-2-3-11-23)24-13-18(14-24)28-17-7-4-6-16(12-17)15-25/h2-12,18,25H,13-15H2,1H3. The van der Waals surface area contributed by atoms with Crippen LogP contribution >= 0.6 is 0 Å². The molecule has 0 spiro atoms. The van der Waals surface area contributed by atoms with Crippen LogP contribution < -0.4 is 9.64 Å². The molecule has 1 N–H and O–H groups in total. The van der Waals surface area contributed by atoms with Gasteiger partial charge in [-0.15, -0.1) is 0 Å². The summed E-state index contributed by atoms with van der Waals surface area (Å²) in [5.74, 6) is 0.393. The molecule has 2 heterocycles. The molecule has 28 heavy (non-hydrogen) atoms. The number of anilines is 1. The fourth-order valence-electron chi connectivity index (χ4n) is 3.44. The smallest absolute Gasteiger partial charge is 0.340 e. The molecule has 0 amide bonds. The highest BCUT2D eigenvalue weighted by Gasteiger charge is 2.32. The zero-order chi connectivity index (χ0) is 19.5. The van der Waals surface area contributed by atoms with Crippen molar-refractivity contribution in [2.45, 2.75) is 12.7 Å². The Hall–Kier alpha value is -3.25. The third kappa shape index (κ3) is 3.46. The van der Waals surface area contributed by atoms with Crippen LogP contribution in [0.2, 0.25) is 0 Å². The Labute approximate surface area is 163 Å². The van der Waals surface area contributed by atoms with Crippen LogP contribution in [0.25, 0.3) is 5.69 Å². The first kappa shape index (κ1) is 18.1. The van der Waals surface area contributed by atoms with E-state index < -0.39 is 0 Å². The van der Waals surface area contributed by atoms with Gasteiger partial charge in [-0.2, -0.15) is 0 Å². The molecule has 0 bridgehead atoms. The Morgan fingerprint density at radius 2 is 1.86 bits per heavy atom. The zero-order valence-corrected chi connectivity index (χ0v) is 15.6. The molecular weight excluding hydrogens is 356 g/mol. The van der Waals surface area contributed by atoms with E-state index in [0.717, 1.165) is 22.7 Å². The number of benzene rings is 2. The SMILES string of the molecule is COC(=O)c1cccc(N2CC(Oc3cccc(CO)c3)C2)c1-n1cccc1. The average molecular weight is 378 g/mol. The number of aromatic nitrogens is 1. The fraction of sp³-hybridized carbons (Fsp3) is 0.227. The first-order valence-corrected chi connectivity index (χ1v) is 9.15. The molecule has 1 aromatic heterocycles. The molecule has 2 aromatic carbocycles. The van der Waals surface area contributed by atoms with Crippen molar-refractivity contribution < 1.29 is 19.4 Å². The van der Waals surface area contributed by atoms with Gasteiger partial charge >= 0.3 is 5.97 Å². The second kappa shape index (κ2) is 7.78. The number of para-hydroxylation sites is 1. The highest BCUT2D eigenvalue weighted by atomic mass is 16.5. The van der Waals surface area contributed by atoms with Gasteiger partial charge in [-0.05, 0) is 42.0 Å². The van der Waals surface area contributed by atoms with E-state index in [1.54, 1.807) is 6.07 Å². The van der Waals surface area contributed by atoms with E-state index in [2.05, 4.69) is 4.90 Å². The summed E-state index contributed by atoms with van der Waals surface area (Å²) in [4.78, 5) is 14.5. The second-order valence-corrected chi connectivity index (χ2v) is 6.71. The van der Waals surface area contributed by atoms with Crippen molar-refractivity contribution >= 4 is 11.7 Å². The number of hydrogen-bond acceptors (Lipinski definition) is 5. The van der Waals surface area contributed by atoms with Gasteiger partial charge < -0.3 is 24.0 Å². The highest BCUT2D eigenvalue weighted by molar-refractivity contribution is 5.96. The molecule has 1 saturated heterocycles. The maximum atomic E-state index is 12.3. The molecule has 0 saturated carbocycles. The first-order valence-electron chi connectivity index (χ1n) is 9.15. The summed E-state index contributed by atoms with van der Waals surface area (Å²) in [5.41, 5.74) is 3.12. The summed E-state index contributed by atoms with van der Waals surface area (Å²) in [6, 6.07) is 17.0. The number of aliphatic hydroxyl groups excluding tert-OH is 1. The first-order chi connectivity index (χ1) is 13.7. The molecule has 6 heteroatoms. The minimum Gasteiger partial charge on any atom is -0.487 e. The van der Waals surface area contributed by atoms with Gasteiger partial charge in [0.2, 0.25) is 0 Å². The van der Waals surface area contributed by atoms with Gasteiger partial charge in [0.05, 0.1) is 43.7 Å². The summed E-state index contributed by atoms with van der Waals surface area (Å²) in [7, 11) is 1.39. The molecule has 0 radical (unpaired) electrons. The molecule has 4 rings (SSSR count). The van der Waals surface area contributed by atoms with Crippen LogP contribution in [0, 0.1) is 0 Å². The van der Waals surface area contributed by atoms with Gasteiger partial charge in [-0.3, -0.25) is 0 Å². The van der Waals surface area contributed by atoms with Crippen LogP contribution in [0.4, 0.5) is 5.69 Å². The third-order valence-corrected chi connectivity index (χ3v) is 4.86. The molecule has 6 nitrogen and oxygen atoms in total. The number of esters is 1. The molecule has 1 aliphatic heterocycles. The lowest BCUT2D eigenvalue weighted by Gasteiger charge is -2.41. The minimum atomic E-state index is -0.361. The minimum absolute atomic E-state index is 0.00541. The van der Waals surface area contributed by atoms with E-state index >= 15 is 0 Å². The summed E-state index contributed by atoms with van der Waals surface area (Å²) in [5, 5.41) is 9.27. The van der Waals surface area contributed by atoms with E-state index in [-0.39, 0.29) is 18.7 Å². The van der Waals surface area contributed by atoms with E-state index in [1.165, 1.54) is 7.11 Å². The summed E-state index contributed by atoms with van der Waals surface area (Å²) >= 11 is 0. The Morgan fingerprint density at radius 1 is 1.11 bits per heavy atom. The van der Waals surface area contributed by atoms with Crippen LogP contribution in [0.3, 0.4) is 0 Å². The van der Waals surface area contributed by atoms with Crippen LogP contribution in [0.15, 0.2) is 67.0 Å². The van der Waals surface area contributed by atoms with Crippen molar-refractivity contribution in [3.63, 3.8) is 0 Å². The van der Waals surface area contributed by atoms with Crippen molar-refractivity contribution in [1.82, 2.24) is 4.57 Å². The number of carbonyl (C=O) groups is 1. The summed E-state index contributed by atoms with van der Waals surface area (Å²) in [6.45, 7) is 1.42. The van der Waals surface area contributed by atoms with Crippen LogP contribution in [-0.4, -0.2) is 41.9 Å².